The number of carbonyl (C=O) groups excluding carboxylic acids is 2. The number of benzene rings is 1. The molecule has 0 spiro atoms. The summed E-state index contributed by atoms with van der Waals surface area (Å²) in [5, 5.41) is 3.28. The highest BCUT2D eigenvalue weighted by Crippen LogP contribution is 2.39. The molecule has 1 aliphatic carbocycles. The van der Waals surface area contributed by atoms with E-state index in [-0.39, 0.29) is 17.9 Å². The van der Waals surface area contributed by atoms with Gasteiger partial charge in [0.25, 0.3) is 5.91 Å². The second-order valence-corrected chi connectivity index (χ2v) is 9.96. The van der Waals surface area contributed by atoms with Gasteiger partial charge in [0.15, 0.2) is 0 Å². The third kappa shape index (κ3) is 4.45. The van der Waals surface area contributed by atoms with Crippen LogP contribution in [0.5, 0.6) is 0 Å². The van der Waals surface area contributed by atoms with Gasteiger partial charge in [-0.1, -0.05) is 12.1 Å². The Bertz CT molecular complexity index is 1040. The summed E-state index contributed by atoms with van der Waals surface area (Å²) in [7, 11) is -2.14. The highest BCUT2D eigenvalue weighted by molar-refractivity contribution is 7.92. The molecule has 1 N–H and O–H groups in total. The monoisotopic (exact) mass is 436 g/mol. The van der Waals surface area contributed by atoms with Crippen LogP contribution in [0.4, 0.5) is 10.7 Å². The zero-order valence-corrected chi connectivity index (χ0v) is 18.3. The smallest absolute Gasteiger partial charge is 0.341 e. The molecule has 0 fully saturated rings. The van der Waals surface area contributed by atoms with Crippen molar-refractivity contribution in [1.29, 1.82) is 0 Å². The maximum Gasteiger partial charge on any atom is 0.341 e. The predicted molar refractivity (Wildman–Crippen MR) is 115 cm³/mol. The van der Waals surface area contributed by atoms with Crippen LogP contribution in [-0.2, 0) is 27.6 Å². The second kappa shape index (κ2) is 8.54. The Balaban J connectivity index is 1.99. The summed E-state index contributed by atoms with van der Waals surface area (Å²) in [6.45, 7) is 1.99. The Hall–Kier alpha value is -2.39. The van der Waals surface area contributed by atoms with Crippen molar-refractivity contribution in [3.63, 3.8) is 0 Å². The maximum atomic E-state index is 13.0. The van der Waals surface area contributed by atoms with E-state index in [4.69, 9.17) is 4.74 Å². The number of rotatable bonds is 6. The first-order valence-electron chi connectivity index (χ1n) is 9.40. The summed E-state index contributed by atoms with van der Waals surface area (Å²) in [5.74, 6) is -0.913. The van der Waals surface area contributed by atoms with Crippen LogP contribution in [0.15, 0.2) is 24.3 Å². The fourth-order valence-electron chi connectivity index (χ4n) is 3.36. The Morgan fingerprint density at radius 3 is 2.59 bits per heavy atom. The normalized spacial score (nSPS) is 13.5. The molecule has 156 valence electrons. The zero-order valence-electron chi connectivity index (χ0n) is 16.6. The molecule has 1 aliphatic rings. The molecule has 0 aliphatic heterocycles. The average molecular weight is 437 g/mol. The molecule has 2 aromatic rings. The topological polar surface area (TPSA) is 92.8 Å². The first-order chi connectivity index (χ1) is 13.7. The van der Waals surface area contributed by atoms with E-state index in [1.807, 2.05) is 0 Å². The molecule has 0 saturated carbocycles. The Labute approximate surface area is 174 Å². The van der Waals surface area contributed by atoms with Crippen molar-refractivity contribution < 1.29 is 22.7 Å². The minimum Gasteiger partial charge on any atom is -0.462 e. The van der Waals surface area contributed by atoms with Gasteiger partial charge in [-0.25, -0.2) is 13.2 Å². The van der Waals surface area contributed by atoms with Gasteiger partial charge in [-0.15, -0.1) is 11.3 Å². The number of nitrogens with one attached hydrogen (secondary N) is 1. The zero-order chi connectivity index (χ0) is 21.2. The largest absolute Gasteiger partial charge is 0.462 e. The number of thiophene rings is 1. The van der Waals surface area contributed by atoms with E-state index in [2.05, 4.69) is 5.32 Å². The van der Waals surface area contributed by atoms with Crippen molar-refractivity contribution in [2.45, 2.75) is 32.6 Å². The number of nitrogens with zero attached hydrogens (tertiary/aromatic N) is 1. The first kappa shape index (κ1) is 21.3. The van der Waals surface area contributed by atoms with E-state index < -0.39 is 21.9 Å². The van der Waals surface area contributed by atoms with Gasteiger partial charge < -0.3 is 10.1 Å². The summed E-state index contributed by atoms with van der Waals surface area (Å²) in [6, 6.07) is 6.47. The van der Waals surface area contributed by atoms with Crippen LogP contribution >= 0.6 is 11.3 Å². The van der Waals surface area contributed by atoms with E-state index >= 15 is 0 Å². The molecule has 7 nitrogen and oxygen atoms in total. The number of amides is 1. The van der Waals surface area contributed by atoms with E-state index in [9.17, 15) is 18.0 Å². The molecule has 0 saturated heterocycles. The lowest BCUT2D eigenvalue weighted by Gasteiger charge is -2.19. The fourth-order valence-corrected chi connectivity index (χ4v) is 5.15. The quantitative estimate of drug-likeness (QED) is 0.700. The molecule has 3 rings (SSSR count). The summed E-state index contributed by atoms with van der Waals surface area (Å²) in [5.41, 5.74) is 1.86. The number of aryl methyl sites for hydroxylation is 1. The van der Waals surface area contributed by atoms with Gasteiger partial charge in [0.05, 0.1) is 29.7 Å². The highest BCUT2D eigenvalue weighted by Gasteiger charge is 2.28. The van der Waals surface area contributed by atoms with Crippen molar-refractivity contribution in [2.75, 3.05) is 29.5 Å². The summed E-state index contributed by atoms with van der Waals surface area (Å²) in [6.07, 6.45) is 4.77. The third-order valence-corrected chi connectivity index (χ3v) is 7.26. The number of anilines is 2. The molecule has 1 heterocycles. The van der Waals surface area contributed by atoms with Gasteiger partial charge in [-0.3, -0.25) is 9.10 Å². The lowest BCUT2D eigenvalue weighted by atomic mass is 9.95. The first-order valence-corrected chi connectivity index (χ1v) is 12.1. The average Bonchev–Trinajstić information content (AvgIpc) is 3.04. The molecule has 0 radical (unpaired) electrons. The van der Waals surface area contributed by atoms with Gasteiger partial charge >= 0.3 is 5.97 Å². The predicted octanol–water partition coefficient (Wildman–Crippen LogP) is 3.45. The van der Waals surface area contributed by atoms with Crippen molar-refractivity contribution >= 4 is 43.9 Å². The van der Waals surface area contributed by atoms with Crippen molar-refractivity contribution in [3.8, 4) is 0 Å². The van der Waals surface area contributed by atoms with E-state index in [1.165, 1.54) is 18.4 Å². The van der Waals surface area contributed by atoms with Gasteiger partial charge in [0, 0.05) is 11.9 Å². The van der Waals surface area contributed by atoms with Gasteiger partial charge in [0.2, 0.25) is 10.0 Å². The summed E-state index contributed by atoms with van der Waals surface area (Å²) in [4.78, 5) is 26.7. The van der Waals surface area contributed by atoms with E-state index in [1.54, 1.807) is 31.2 Å². The standard InChI is InChI=1S/C20H24N2O5S2/c1-4-27-20(24)17-14-10-6-8-12-16(14)28-19(17)21-18(23)13-9-5-7-11-15(13)22(2)29(3,25)26/h5,7,9,11H,4,6,8,10,12H2,1-3H3,(H,21,23). The molecule has 0 unspecified atom stereocenters. The van der Waals surface area contributed by atoms with Gasteiger partial charge in [-0.05, 0) is 50.3 Å². The molecule has 9 heteroatoms. The summed E-state index contributed by atoms with van der Waals surface area (Å²) >= 11 is 1.39. The minimum atomic E-state index is -3.53. The van der Waals surface area contributed by atoms with Crippen LogP contribution in [0, 0.1) is 0 Å². The molecule has 0 bridgehead atoms. The Kier molecular flexibility index (Phi) is 6.28. The third-order valence-electron chi connectivity index (χ3n) is 4.86. The van der Waals surface area contributed by atoms with Crippen LogP contribution in [0.25, 0.3) is 0 Å². The van der Waals surface area contributed by atoms with Crippen LogP contribution in [0.2, 0.25) is 0 Å². The minimum absolute atomic E-state index is 0.210. The summed E-state index contributed by atoms with van der Waals surface area (Å²) < 4.78 is 30.2. The number of carbonyl (C=O) groups is 2. The Morgan fingerprint density at radius 1 is 1.21 bits per heavy atom. The van der Waals surface area contributed by atoms with Crippen molar-refractivity contribution in [2.24, 2.45) is 0 Å². The number of fused-ring (bicyclic) bond motifs is 1. The Morgan fingerprint density at radius 2 is 1.90 bits per heavy atom. The molecular formula is C20H24N2O5S2. The van der Waals surface area contributed by atoms with Crippen LogP contribution in [0.3, 0.4) is 0 Å². The lowest BCUT2D eigenvalue weighted by molar-refractivity contribution is 0.0526. The lowest BCUT2D eigenvalue weighted by Crippen LogP contribution is -2.27. The SMILES string of the molecule is CCOC(=O)c1c(NC(=O)c2ccccc2N(C)S(C)(=O)=O)sc2c1CCCC2. The molecule has 1 amide bonds. The number of hydrogen-bond donors (Lipinski definition) is 1. The van der Waals surface area contributed by atoms with Gasteiger partial charge in [-0.2, -0.15) is 0 Å². The number of esters is 1. The molecular weight excluding hydrogens is 412 g/mol. The molecule has 29 heavy (non-hydrogen) atoms. The number of ether oxygens (including phenoxy) is 1. The highest BCUT2D eigenvalue weighted by atomic mass is 32.2. The number of hydrogen-bond acceptors (Lipinski definition) is 6. The molecule has 1 aromatic heterocycles. The molecule has 0 atom stereocenters. The van der Waals surface area contributed by atoms with Crippen LogP contribution in [-0.4, -0.2) is 40.2 Å². The number of sulfonamides is 1. The maximum absolute atomic E-state index is 13.0. The van der Waals surface area contributed by atoms with Gasteiger partial charge in [0.1, 0.15) is 5.00 Å². The van der Waals surface area contributed by atoms with Crippen molar-refractivity contribution in [3.05, 3.63) is 45.8 Å². The molecule has 1 aromatic carbocycles. The van der Waals surface area contributed by atoms with Crippen LogP contribution < -0.4 is 9.62 Å². The van der Waals surface area contributed by atoms with Crippen LogP contribution in [0.1, 0.15) is 50.9 Å². The fraction of sp³-hybridized carbons (Fsp3) is 0.400. The second-order valence-electron chi connectivity index (χ2n) is 6.84. The number of para-hydroxylation sites is 1. The van der Waals surface area contributed by atoms with E-state index in [0.29, 0.717) is 10.6 Å². The van der Waals surface area contributed by atoms with E-state index in [0.717, 1.165) is 46.7 Å². The van der Waals surface area contributed by atoms with Crippen molar-refractivity contribution in [1.82, 2.24) is 0 Å².